The van der Waals surface area contributed by atoms with Crippen molar-refractivity contribution in [2.24, 2.45) is 0 Å². The van der Waals surface area contributed by atoms with Crippen LogP contribution < -0.4 is 10.1 Å². The van der Waals surface area contributed by atoms with Crippen molar-refractivity contribution in [2.45, 2.75) is 0 Å². The third kappa shape index (κ3) is 3.76. The van der Waals surface area contributed by atoms with Crippen LogP contribution in [0.25, 0.3) is 6.08 Å². The van der Waals surface area contributed by atoms with Crippen molar-refractivity contribution < 1.29 is 4.74 Å². The van der Waals surface area contributed by atoms with Crippen molar-refractivity contribution in [3.8, 4) is 5.75 Å². The topological polar surface area (TPSA) is 21.3 Å². The molecule has 2 nitrogen and oxygen atoms in total. The molecule has 3 heteroatoms. The summed E-state index contributed by atoms with van der Waals surface area (Å²) >= 11 is 6.06. The summed E-state index contributed by atoms with van der Waals surface area (Å²) in [7, 11) is 1.68. The number of para-hydroxylation sites is 2. The van der Waals surface area contributed by atoms with E-state index in [2.05, 4.69) is 5.32 Å². The highest BCUT2D eigenvalue weighted by molar-refractivity contribution is 6.33. The summed E-state index contributed by atoms with van der Waals surface area (Å²) in [5.41, 5.74) is 2.00. The number of nitrogens with one attached hydrogen (secondary N) is 1. The molecule has 0 aromatic heterocycles. The SMILES string of the molecule is COc1ccccc1C=CCNc1ccccc1Cl. The Morgan fingerprint density at radius 1 is 1.11 bits per heavy atom. The third-order valence-electron chi connectivity index (χ3n) is 2.72. The minimum atomic E-state index is 0.710. The number of benzene rings is 2. The Bertz CT molecular complexity index is 566. The highest BCUT2D eigenvalue weighted by Gasteiger charge is 1.97. The molecular weight excluding hydrogens is 258 g/mol. The molecule has 0 aliphatic heterocycles. The van der Waals surface area contributed by atoms with Crippen molar-refractivity contribution in [1.29, 1.82) is 0 Å². The van der Waals surface area contributed by atoms with Crippen LogP contribution in [0.4, 0.5) is 5.69 Å². The first-order valence-electron chi connectivity index (χ1n) is 6.09. The molecule has 0 spiro atoms. The minimum Gasteiger partial charge on any atom is -0.496 e. The summed E-state index contributed by atoms with van der Waals surface area (Å²) in [5, 5.41) is 3.99. The largest absolute Gasteiger partial charge is 0.496 e. The molecule has 2 aromatic carbocycles. The molecule has 19 heavy (non-hydrogen) atoms. The minimum absolute atomic E-state index is 0.710. The predicted octanol–water partition coefficient (Wildman–Crippen LogP) is 4.47. The van der Waals surface area contributed by atoms with Crippen LogP contribution in [0.2, 0.25) is 5.02 Å². The van der Waals surface area contributed by atoms with Gasteiger partial charge in [0.05, 0.1) is 17.8 Å². The second-order valence-electron chi connectivity index (χ2n) is 4.01. The first-order chi connectivity index (χ1) is 9.31. The van der Waals surface area contributed by atoms with E-state index in [9.17, 15) is 0 Å². The van der Waals surface area contributed by atoms with Crippen LogP contribution in [0.15, 0.2) is 54.6 Å². The van der Waals surface area contributed by atoms with Gasteiger partial charge in [-0.2, -0.15) is 0 Å². The number of methoxy groups -OCH3 is 1. The van der Waals surface area contributed by atoms with Crippen LogP contribution >= 0.6 is 11.6 Å². The van der Waals surface area contributed by atoms with E-state index in [1.165, 1.54) is 0 Å². The van der Waals surface area contributed by atoms with Gasteiger partial charge in [-0.1, -0.05) is 54.1 Å². The summed E-state index contributed by atoms with van der Waals surface area (Å²) in [4.78, 5) is 0. The van der Waals surface area contributed by atoms with Gasteiger partial charge in [-0.3, -0.25) is 0 Å². The lowest BCUT2D eigenvalue weighted by atomic mass is 10.2. The van der Waals surface area contributed by atoms with Gasteiger partial charge in [0.2, 0.25) is 0 Å². The van der Waals surface area contributed by atoms with E-state index >= 15 is 0 Å². The van der Waals surface area contributed by atoms with Gasteiger partial charge in [-0.15, -0.1) is 0 Å². The zero-order valence-electron chi connectivity index (χ0n) is 10.8. The molecule has 1 N–H and O–H groups in total. The van der Waals surface area contributed by atoms with Gasteiger partial charge in [-0.05, 0) is 18.2 Å². The van der Waals surface area contributed by atoms with Crippen LogP contribution in [0.5, 0.6) is 5.75 Å². The third-order valence-corrected chi connectivity index (χ3v) is 3.05. The second kappa shape index (κ2) is 6.86. The number of halogens is 1. The zero-order valence-corrected chi connectivity index (χ0v) is 11.5. The number of hydrogen-bond donors (Lipinski definition) is 1. The van der Waals surface area contributed by atoms with Crippen LogP contribution in [0.1, 0.15) is 5.56 Å². The average Bonchev–Trinajstić information content (AvgIpc) is 2.45. The molecule has 0 fully saturated rings. The molecule has 0 saturated heterocycles. The first-order valence-corrected chi connectivity index (χ1v) is 6.47. The van der Waals surface area contributed by atoms with E-state index in [0.29, 0.717) is 6.54 Å². The van der Waals surface area contributed by atoms with E-state index < -0.39 is 0 Å². The number of ether oxygens (including phenoxy) is 1. The van der Waals surface area contributed by atoms with Gasteiger partial charge in [-0.25, -0.2) is 0 Å². The van der Waals surface area contributed by atoms with E-state index in [-0.39, 0.29) is 0 Å². The monoisotopic (exact) mass is 273 g/mol. The van der Waals surface area contributed by atoms with E-state index in [1.54, 1.807) is 7.11 Å². The maximum absolute atomic E-state index is 6.06. The molecule has 2 aromatic rings. The molecule has 0 heterocycles. The van der Waals surface area contributed by atoms with Gasteiger partial charge in [0.15, 0.2) is 0 Å². The normalized spacial score (nSPS) is 10.6. The summed E-state index contributed by atoms with van der Waals surface area (Å²) in [6, 6.07) is 15.6. The Hall–Kier alpha value is -1.93. The number of anilines is 1. The van der Waals surface area contributed by atoms with Crippen molar-refractivity contribution in [3.05, 3.63) is 65.2 Å². The molecule has 0 radical (unpaired) electrons. The lowest BCUT2D eigenvalue weighted by Gasteiger charge is -2.06. The molecule has 0 bridgehead atoms. The Labute approximate surface area is 118 Å². The molecular formula is C16H16ClNO. The summed E-state index contributed by atoms with van der Waals surface area (Å²) in [6.07, 6.45) is 4.07. The summed E-state index contributed by atoms with van der Waals surface area (Å²) in [6.45, 7) is 0.710. The molecule has 0 atom stereocenters. The Morgan fingerprint density at radius 2 is 1.84 bits per heavy atom. The Balaban J connectivity index is 1.96. The fourth-order valence-corrected chi connectivity index (χ4v) is 1.97. The lowest BCUT2D eigenvalue weighted by Crippen LogP contribution is -1.98. The van der Waals surface area contributed by atoms with E-state index in [0.717, 1.165) is 22.0 Å². The smallest absolute Gasteiger partial charge is 0.126 e. The second-order valence-corrected chi connectivity index (χ2v) is 4.41. The van der Waals surface area contributed by atoms with Crippen LogP contribution in [-0.4, -0.2) is 13.7 Å². The summed E-state index contributed by atoms with van der Waals surface area (Å²) in [5.74, 6) is 0.872. The highest BCUT2D eigenvalue weighted by Crippen LogP contribution is 2.21. The summed E-state index contributed by atoms with van der Waals surface area (Å²) < 4.78 is 5.29. The average molecular weight is 274 g/mol. The fourth-order valence-electron chi connectivity index (χ4n) is 1.76. The standard InChI is InChI=1S/C16H16ClNO/c1-19-16-11-5-2-7-13(16)8-6-12-18-15-10-4-3-9-14(15)17/h2-11,18H,12H2,1H3. The molecule has 98 valence electrons. The number of rotatable bonds is 5. The maximum atomic E-state index is 6.06. The van der Waals surface area contributed by atoms with Crippen molar-refractivity contribution in [1.82, 2.24) is 0 Å². The van der Waals surface area contributed by atoms with Gasteiger partial charge >= 0.3 is 0 Å². The molecule has 0 unspecified atom stereocenters. The number of hydrogen-bond acceptors (Lipinski definition) is 2. The van der Waals surface area contributed by atoms with E-state index in [1.807, 2.05) is 60.7 Å². The molecule has 0 aliphatic carbocycles. The predicted molar refractivity (Wildman–Crippen MR) is 82.0 cm³/mol. The van der Waals surface area contributed by atoms with Crippen LogP contribution in [0, 0.1) is 0 Å². The first kappa shape index (κ1) is 13.5. The highest BCUT2D eigenvalue weighted by atomic mass is 35.5. The molecule has 0 saturated carbocycles. The zero-order chi connectivity index (χ0) is 13.5. The van der Waals surface area contributed by atoms with Crippen molar-refractivity contribution >= 4 is 23.4 Å². The molecule has 0 aliphatic rings. The van der Waals surface area contributed by atoms with Crippen LogP contribution in [-0.2, 0) is 0 Å². The molecule has 0 amide bonds. The quantitative estimate of drug-likeness (QED) is 0.868. The van der Waals surface area contributed by atoms with E-state index in [4.69, 9.17) is 16.3 Å². The van der Waals surface area contributed by atoms with Crippen molar-refractivity contribution in [3.63, 3.8) is 0 Å². The van der Waals surface area contributed by atoms with Crippen LogP contribution in [0.3, 0.4) is 0 Å². The van der Waals surface area contributed by atoms with Gasteiger partial charge < -0.3 is 10.1 Å². The Morgan fingerprint density at radius 3 is 2.63 bits per heavy atom. The van der Waals surface area contributed by atoms with Gasteiger partial charge in [0.1, 0.15) is 5.75 Å². The van der Waals surface area contributed by atoms with Gasteiger partial charge in [0.25, 0.3) is 0 Å². The maximum Gasteiger partial charge on any atom is 0.126 e. The Kier molecular flexibility index (Phi) is 4.87. The molecule has 2 rings (SSSR count). The fraction of sp³-hybridized carbons (Fsp3) is 0.125. The lowest BCUT2D eigenvalue weighted by molar-refractivity contribution is 0.414. The van der Waals surface area contributed by atoms with Gasteiger partial charge in [0, 0.05) is 12.1 Å². The van der Waals surface area contributed by atoms with Crippen molar-refractivity contribution in [2.75, 3.05) is 19.0 Å².